The molecule has 36 heavy (non-hydrogen) atoms. The Morgan fingerprint density at radius 3 is 2.31 bits per heavy atom. The molecule has 2 heterocycles. The van der Waals surface area contributed by atoms with E-state index in [0.29, 0.717) is 11.3 Å². The Morgan fingerprint density at radius 2 is 1.67 bits per heavy atom. The molecule has 0 radical (unpaired) electrons. The number of carbonyl (C=O) groups is 3. The van der Waals surface area contributed by atoms with E-state index in [1.807, 2.05) is 0 Å². The molecule has 2 aromatic rings. The third-order valence-corrected chi connectivity index (χ3v) is 6.07. The molecule has 0 aliphatic carbocycles. The number of ketones is 1. The van der Waals surface area contributed by atoms with Gasteiger partial charge in [0.15, 0.2) is 5.78 Å². The van der Waals surface area contributed by atoms with Crippen molar-refractivity contribution in [3.8, 4) is 17.2 Å². The van der Waals surface area contributed by atoms with Gasteiger partial charge in [0.1, 0.15) is 60.5 Å². The summed E-state index contributed by atoms with van der Waals surface area (Å²) in [5, 5.41) is 42.1. The van der Waals surface area contributed by atoms with E-state index >= 15 is 0 Å². The van der Waals surface area contributed by atoms with E-state index in [1.165, 1.54) is 19.1 Å². The average Bonchev–Trinajstić information content (AvgIpc) is 2.82. The average molecular weight is 502 g/mol. The highest BCUT2D eigenvalue weighted by Crippen LogP contribution is 2.47. The highest BCUT2D eigenvalue weighted by atomic mass is 16.6. The number of ether oxygens (including phenoxy) is 4. The predicted molar refractivity (Wildman–Crippen MR) is 120 cm³/mol. The number of aromatic hydroxyl groups is 1. The van der Waals surface area contributed by atoms with E-state index in [4.69, 9.17) is 18.9 Å². The van der Waals surface area contributed by atoms with E-state index in [2.05, 4.69) is 0 Å². The number of aliphatic hydroxyl groups is 3. The second-order valence-electron chi connectivity index (χ2n) is 8.64. The van der Waals surface area contributed by atoms with Crippen LogP contribution in [0.2, 0.25) is 0 Å². The van der Waals surface area contributed by atoms with Crippen LogP contribution in [0.3, 0.4) is 0 Å². The number of aliphatic hydroxyl groups excluding tert-OH is 3. The number of phenolic OH excluding ortho intramolecular Hbond substituents is 1. The van der Waals surface area contributed by atoms with Crippen molar-refractivity contribution in [2.45, 2.75) is 56.9 Å². The van der Waals surface area contributed by atoms with E-state index in [0.717, 1.165) is 6.92 Å². The largest absolute Gasteiger partial charge is 0.507 e. The Balaban J connectivity index is 1.68. The molecule has 11 heteroatoms. The van der Waals surface area contributed by atoms with Gasteiger partial charge in [0.2, 0.25) is 0 Å². The lowest BCUT2D eigenvalue weighted by atomic mass is 9.87. The topological polar surface area (TPSA) is 169 Å². The number of hydrogen-bond acceptors (Lipinski definition) is 11. The Bertz CT molecular complexity index is 1160. The SMILES string of the molecule is CC(=O)OC[C@H]1O[C@H](c2c(O)ccc3c2O[C@@H](c2ccc(OC(C)=O)cc2)CC3=O)[C@H](O)[C@@H](O)[C@@H]1O. The van der Waals surface area contributed by atoms with Crippen LogP contribution in [0.4, 0.5) is 0 Å². The van der Waals surface area contributed by atoms with Gasteiger partial charge >= 0.3 is 11.9 Å². The molecule has 4 rings (SSSR count). The Morgan fingerprint density at radius 1 is 0.972 bits per heavy atom. The molecule has 1 fully saturated rings. The van der Waals surface area contributed by atoms with Crippen molar-refractivity contribution in [2.24, 2.45) is 0 Å². The normalized spacial score (nSPS) is 27.5. The van der Waals surface area contributed by atoms with Gasteiger partial charge in [-0.3, -0.25) is 14.4 Å². The summed E-state index contributed by atoms with van der Waals surface area (Å²) < 4.78 is 21.8. The van der Waals surface area contributed by atoms with E-state index in [1.54, 1.807) is 24.3 Å². The second kappa shape index (κ2) is 10.2. The van der Waals surface area contributed by atoms with Gasteiger partial charge in [-0.1, -0.05) is 12.1 Å². The lowest BCUT2D eigenvalue weighted by molar-refractivity contribution is -0.234. The summed E-state index contributed by atoms with van der Waals surface area (Å²) in [6, 6.07) is 8.99. The minimum absolute atomic E-state index is 0.0192. The second-order valence-corrected chi connectivity index (χ2v) is 8.64. The minimum atomic E-state index is -1.71. The quantitative estimate of drug-likeness (QED) is 0.341. The van der Waals surface area contributed by atoms with Gasteiger partial charge < -0.3 is 39.4 Å². The van der Waals surface area contributed by atoms with Gasteiger partial charge in [-0.2, -0.15) is 0 Å². The fraction of sp³-hybridized carbons (Fsp3) is 0.400. The Hall–Kier alpha value is -3.51. The van der Waals surface area contributed by atoms with Crippen LogP contribution in [-0.4, -0.2) is 69.2 Å². The summed E-state index contributed by atoms with van der Waals surface area (Å²) in [6.07, 6.45) is -8.42. The first kappa shape index (κ1) is 25.6. The van der Waals surface area contributed by atoms with Gasteiger partial charge in [0.25, 0.3) is 0 Å². The first-order chi connectivity index (χ1) is 17.1. The zero-order valence-corrected chi connectivity index (χ0v) is 19.5. The molecular formula is C25H26O11. The molecule has 0 aromatic heterocycles. The van der Waals surface area contributed by atoms with E-state index in [9.17, 15) is 34.8 Å². The number of benzene rings is 2. The van der Waals surface area contributed by atoms with Crippen molar-refractivity contribution in [3.63, 3.8) is 0 Å². The van der Waals surface area contributed by atoms with Gasteiger partial charge in [-0.25, -0.2) is 0 Å². The molecule has 1 saturated heterocycles. The zero-order valence-electron chi connectivity index (χ0n) is 19.5. The van der Waals surface area contributed by atoms with Crippen molar-refractivity contribution in [1.82, 2.24) is 0 Å². The molecule has 2 aliphatic heterocycles. The lowest BCUT2D eigenvalue weighted by Gasteiger charge is -2.41. The molecule has 4 N–H and O–H groups in total. The van der Waals surface area contributed by atoms with Crippen molar-refractivity contribution >= 4 is 17.7 Å². The van der Waals surface area contributed by atoms with E-state index in [-0.39, 0.29) is 34.8 Å². The fourth-order valence-corrected chi connectivity index (χ4v) is 4.30. The molecular weight excluding hydrogens is 476 g/mol. The van der Waals surface area contributed by atoms with E-state index < -0.39 is 55.2 Å². The van der Waals surface area contributed by atoms with Gasteiger partial charge in [-0.15, -0.1) is 0 Å². The van der Waals surface area contributed by atoms with Crippen molar-refractivity contribution in [2.75, 3.05) is 6.61 Å². The Labute approximate surface area is 205 Å². The van der Waals surface area contributed by atoms with Crippen LogP contribution in [0.5, 0.6) is 17.2 Å². The number of rotatable bonds is 5. The number of esters is 2. The van der Waals surface area contributed by atoms with Crippen molar-refractivity contribution in [1.29, 1.82) is 0 Å². The maximum Gasteiger partial charge on any atom is 0.308 e. The molecule has 6 atom stereocenters. The summed E-state index contributed by atoms with van der Waals surface area (Å²) in [6.45, 7) is 2.02. The molecule has 0 unspecified atom stereocenters. The van der Waals surface area contributed by atoms with Crippen molar-refractivity contribution in [3.05, 3.63) is 53.1 Å². The summed E-state index contributed by atoms with van der Waals surface area (Å²) in [5.74, 6) is -1.51. The van der Waals surface area contributed by atoms with Crippen LogP contribution in [-0.2, 0) is 19.1 Å². The van der Waals surface area contributed by atoms with Crippen LogP contribution >= 0.6 is 0 Å². The third kappa shape index (κ3) is 5.05. The fourth-order valence-electron chi connectivity index (χ4n) is 4.30. The summed E-state index contributed by atoms with van der Waals surface area (Å²) in [7, 11) is 0. The zero-order chi connectivity index (χ0) is 26.1. The molecule has 0 bridgehead atoms. The van der Waals surface area contributed by atoms with Crippen LogP contribution in [0.1, 0.15) is 54.0 Å². The molecule has 0 amide bonds. The maximum atomic E-state index is 13.0. The maximum absolute atomic E-state index is 13.0. The minimum Gasteiger partial charge on any atom is -0.507 e. The summed E-state index contributed by atoms with van der Waals surface area (Å²) >= 11 is 0. The highest BCUT2D eigenvalue weighted by Gasteiger charge is 2.47. The molecule has 192 valence electrons. The monoisotopic (exact) mass is 502 g/mol. The first-order valence-corrected chi connectivity index (χ1v) is 11.2. The molecule has 2 aliphatic rings. The van der Waals surface area contributed by atoms with Crippen molar-refractivity contribution < 1.29 is 53.8 Å². The standard InChI is InChI=1S/C25H26O11/c1-11(26)33-10-19-21(30)22(31)23(32)25(36-19)20-16(28)8-7-15-17(29)9-18(35-24(15)20)13-3-5-14(6-4-13)34-12(2)27/h3-8,18-19,21-23,25,28,30-32H,9-10H2,1-2H3/t18-,19-,21-,22+,23-,25-/m1/s1. The third-order valence-electron chi connectivity index (χ3n) is 6.07. The first-order valence-electron chi connectivity index (χ1n) is 11.2. The van der Waals surface area contributed by atoms with Crippen LogP contribution in [0.25, 0.3) is 0 Å². The number of hydrogen-bond donors (Lipinski definition) is 4. The Kier molecular flexibility index (Phi) is 7.27. The number of fused-ring (bicyclic) bond motifs is 1. The van der Waals surface area contributed by atoms with Gasteiger partial charge in [0, 0.05) is 13.8 Å². The number of Topliss-reactive ketones (excluding diaryl/α,β-unsaturated/α-hetero) is 1. The highest BCUT2D eigenvalue weighted by molar-refractivity contribution is 6.00. The predicted octanol–water partition coefficient (Wildman–Crippen LogP) is 1.11. The molecule has 2 aromatic carbocycles. The van der Waals surface area contributed by atoms with Crippen LogP contribution < -0.4 is 9.47 Å². The molecule has 11 nitrogen and oxygen atoms in total. The van der Waals surface area contributed by atoms with Gasteiger partial charge in [-0.05, 0) is 29.8 Å². The molecule has 0 saturated carbocycles. The lowest BCUT2D eigenvalue weighted by Crippen LogP contribution is -2.55. The van der Waals surface area contributed by atoms with Gasteiger partial charge in [0.05, 0.1) is 17.5 Å². The summed E-state index contributed by atoms with van der Waals surface area (Å²) in [5.41, 5.74) is 0.643. The summed E-state index contributed by atoms with van der Waals surface area (Å²) in [4.78, 5) is 35.4. The molecule has 0 spiro atoms. The number of phenols is 1. The van der Waals surface area contributed by atoms with Crippen LogP contribution in [0.15, 0.2) is 36.4 Å². The van der Waals surface area contributed by atoms with Crippen LogP contribution in [0, 0.1) is 0 Å². The smallest absolute Gasteiger partial charge is 0.308 e. The number of carbonyl (C=O) groups excluding carboxylic acids is 3.